The molecule has 0 aliphatic heterocycles. The average molecular weight is 443 g/mol. The Hall–Kier alpha value is -2.78. The van der Waals surface area contributed by atoms with Gasteiger partial charge in [-0.25, -0.2) is 0 Å². The highest BCUT2D eigenvalue weighted by Crippen LogP contribution is 2.37. The van der Waals surface area contributed by atoms with Gasteiger partial charge >= 0.3 is 0 Å². The molecule has 0 unspecified atom stereocenters. The second-order valence-electron chi connectivity index (χ2n) is 6.12. The fraction of sp³-hybridized carbons (Fsp3) is 0.273. The van der Waals surface area contributed by atoms with E-state index in [4.69, 9.17) is 9.47 Å². The minimum absolute atomic E-state index is 0.00302. The van der Waals surface area contributed by atoms with Crippen LogP contribution in [-0.2, 0) is 4.79 Å². The van der Waals surface area contributed by atoms with Gasteiger partial charge in [0.25, 0.3) is 5.91 Å². The Kier molecular flexibility index (Phi) is 7.65. The van der Waals surface area contributed by atoms with E-state index in [1.807, 2.05) is 52.0 Å². The van der Waals surface area contributed by atoms with Crippen LogP contribution < -0.4 is 14.8 Å². The fourth-order valence-corrected chi connectivity index (χ4v) is 3.13. The average Bonchev–Trinajstić information content (AvgIpc) is 2.65. The summed E-state index contributed by atoms with van der Waals surface area (Å²) in [4.78, 5) is 12.5. The molecule has 2 aromatic rings. The van der Waals surface area contributed by atoms with Crippen molar-refractivity contribution in [3.05, 3.63) is 57.1 Å². The van der Waals surface area contributed by atoms with E-state index in [9.17, 15) is 10.1 Å². The number of halogens is 1. The Labute approximate surface area is 174 Å². The van der Waals surface area contributed by atoms with Crippen molar-refractivity contribution in [1.29, 1.82) is 5.26 Å². The Morgan fingerprint density at radius 1 is 1.14 bits per heavy atom. The minimum Gasteiger partial charge on any atom is -0.490 e. The molecule has 1 amide bonds. The summed E-state index contributed by atoms with van der Waals surface area (Å²) in [5, 5.41) is 12.2. The van der Waals surface area contributed by atoms with Gasteiger partial charge in [-0.15, -0.1) is 0 Å². The van der Waals surface area contributed by atoms with E-state index < -0.39 is 5.91 Å². The monoisotopic (exact) mass is 442 g/mol. The fourth-order valence-electron chi connectivity index (χ4n) is 2.55. The van der Waals surface area contributed by atoms with E-state index >= 15 is 0 Å². The van der Waals surface area contributed by atoms with Gasteiger partial charge in [-0.2, -0.15) is 5.26 Å². The SMILES string of the molecule is CCOc1cc(/C=C(\C#N)C(=O)Nc2ccc(C)c(C)c2)cc(Br)c1OCC. The van der Waals surface area contributed by atoms with Crippen molar-refractivity contribution >= 4 is 33.6 Å². The van der Waals surface area contributed by atoms with Crippen molar-refractivity contribution in [2.24, 2.45) is 0 Å². The molecule has 0 spiro atoms. The molecule has 0 aliphatic rings. The van der Waals surface area contributed by atoms with Gasteiger partial charge < -0.3 is 14.8 Å². The molecule has 1 N–H and O–H groups in total. The molecule has 0 aliphatic carbocycles. The molecule has 0 radical (unpaired) electrons. The van der Waals surface area contributed by atoms with Crippen LogP contribution in [0.25, 0.3) is 6.08 Å². The number of rotatable bonds is 7. The number of amides is 1. The van der Waals surface area contributed by atoms with E-state index in [1.165, 1.54) is 6.08 Å². The minimum atomic E-state index is -0.464. The number of anilines is 1. The summed E-state index contributed by atoms with van der Waals surface area (Å²) < 4.78 is 11.9. The van der Waals surface area contributed by atoms with E-state index in [0.717, 1.165) is 11.1 Å². The molecule has 0 atom stereocenters. The number of ether oxygens (including phenoxy) is 2. The molecule has 0 bridgehead atoms. The number of carbonyl (C=O) groups is 1. The predicted molar refractivity (Wildman–Crippen MR) is 115 cm³/mol. The molecule has 2 rings (SSSR count). The zero-order chi connectivity index (χ0) is 20.7. The van der Waals surface area contributed by atoms with Gasteiger partial charge in [0.05, 0.1) is 17.7 Å². The second kappa shape index (κ2) is 9.95. The molecule has 0 saturated carbocycles. The van der Waals surface area contributed by atoms with Gasteiger partial charge in [0.1, 0.15) is 11.6 Å². The van der Waals surface area contributed by atoms with Crippen LogP contribution in [0.3, 0.4) is 0 Å². The Balaban J connectivity index is 2.33. The third kappa shape index (κ3) is 5.37. The lowest BCUT2D eigenvalue weighted by Gasteiger charge is -2.13. The molecule has 28 heavy (non-hydrogen) atoms. The Morgan fingerprint density at radius 3 is 2.46 bits per heavy atom. The van der Waals surface area contributed by atoms with Crippen LogP contribution in [0.1, 0.15) is 30.5 Å². The molecule has 0 heterocycles. The van der Waals surface area contributed by atoms with E-state index in [2.05, 4.69) is 21.2 Å². The van der Waals surface area contributed by atoms with Gasteiger partial charge in [-0.05, 0) is 90.7 Å². The molecule has 6 heteroatoms. The number of nitrogens with one attached hydrogen (secondary N) is 1. The first-order chi connectivity index (χ1) is 13.4. The van der Waals surface area contributed by atoms with Crippen LogP contribution in [0.15, 0.2) is 40.4 Å². The van der Waals surface area contributed by atoms with Gasteiger partial charge in [0.2, 0.25) is 0 Å². The Morgan fingerprint density at radius 2 is 1.86 bits per heavy atom. The number of hydrogen-bond acceptors (Lipinski definition) is 4. The Bertz CT molecular complexity index is 946. The van der Waals surface area contributed by atoms with Crippen LogP contribution in [0.2, 0.25) is 0 Å². The van der Waals surface area contributed by atoms with Crippen molar-refractivity contribution in [3.8, 4) is 17.6 Å². The van der Waals surface area contributed by atoms with Crippen molar-refractivity contribution in [1.82, 2.24) is 0 Å². The summed E-state index contributed by atoms with van der Waals surface area (Å²) in [7, 11) is 0. The highest BCUT2D eigenvalue weighted by Gasteiger charge is 2.14. The van der Waals surface area contributed by atoms with Crippen molar-refractivity contribution in [2.75, 3.05) is 18.5 Å². The molecule has 0 aromatic heterocycles. The third-order valence-electron chi connectivity index (χ3n) is 4.06. The molecule has 2 aromatic carbocycles. The van der Waals surface area contributed by atoms with Crippen molar-refractivity contribution in [2.45, 2.75) is 27.7 Å². The summed E-state index contributed by atoms with van der Waals surface area (Å²) >= 11 is 3.47. The maximum Gasteiger partial charge on any atom is 0.266 e. The lowest BCUT2D eigenvalue weighted by molar-refractivity contribution is -0.112. The van der Waals surface area contributed by atoms with Crippen LogP contribution in [-0.4, -0.2) is 19.1 Å². The number of nitrogens with zero attached hydrogens (tertiary/aromatic N) is 1. The topological polar surface area (TPSA) is 71.3 Å². The number of aryl methyl sites for hydroxylation is 2. The summed E-state index contributed by atoms with van der Waals surface area (Å²) in [6.07, 6.45) is 1.53. The summed E-state index contributed by atoms with van der Waals surface area (Å²) in [6, 6.07) is 11.1. The quantitative estimate of drug-likeness (QED) is 0.459. The normalized spacial score (nSPS) is 10.9. The van der Waals surface area contributed by atoms with Crippen LogP contribution >= 0.6 is 15.9 Å². The van der Waals surface area contributed by atoms with Crippen LogP contribution in [0.5, 0.6) is 11.5 Å². The van der Waals surface area contributed by atoms with Gasteiger partial charge in [-0.1, -0.05) is 6.07 Å². The number of hydrogen-bond donors (Lipinski definition) is 1. The highest BCUT2D eigenvalue weighted by atomic mass is 79.9. The van der Waals surface area contributed by atoms with Gasteiger partial charge in [0, 0.05) is 5.69 Å². The largest absolute Gasteiger partial charge is 0.490 e. The smallest absolute Gasteiger partial charge is 0.266 e. The van der Waals surface area contributed by atoms with Crippen molar-refractivity contribution in [3.63, 3.8) is 0 Å². The summed E-state index contributed by atoms with van der Waals surface area (Å²) in [6.45, 7) is 8.71. The molecule has 146 valence electrons. The first-order valence-electron chi connectivity index (χ1n) is 8.99. The van der Waals surface area contributed by atoms with Gasteiger partial charge in [-0.3, -0.25) is 4.79 Å². The first-order valence-corrected chi connectivity index (χ1v) is 9.78. The molecular formula is C22H23BrN2O3. The lowest BCUT2D eigenvalue weighted by atomic mass is 10.1. The number of benzene rings is 2. The maximum atomic E-state index is 12.5. The van der Waals surface area contributed by atoms with Gasteiger partial charge in [0.15, 0.2) is 11.5 Å². The summed E-state index contributed by atoms with van der Waals surface area (Å²) in [5.41, 5.74) is 3.51. The predicted octanol–water partition coefficient (Wildman–Crippen LogP) is 5.41. The maximum absolute atomic E-state index is 12.5. The zero-order valence-electron chi connectivity index (χ0n) is 16.4. The molecular weight excluding hydrogens is 420 g/mol. The molecule has 0 fully saturated rings. The van der Waals surface area contributed by atoms with E-state index in [1.54, 1.807) is 12.1 Å². The van der Waals surface area contributed by atoms with Crippen molar-refractivity contribution < 1.29 is 14.3 Å². The lowest BCUT2D eigenvalue weighted by Crippen LogP contribution is -2.13. The number of carbonyl (C=O) groups excluding carboxylic acids is 1. The zero-order valence-corrected chi connectivity index (χ0v) is 18.0. The highest BCUT2D eigenvalue weighted by molar-refractivity contribution is 9.10. The molecule has 0 saturated heterocycles. The number of nitriles is 1. The third-order valence-corrected chi connectivity index (χ3v) is 4.65. The molecule has 5 nitrogen and oxygen atoms in total. The van der Waals surface area contributed by atoms with Crippen LogP contribution in [0.4, 0.5) is 5.69 Å². The van der Waals surface area contributed by atoms with E-state index in [-0.39, 0.29) is 5.57 Å². The standard InChI is InChI=1S/C22H23BrN2O3/c1-5-27-20-12-16(11-19(23)21(20)28-6-2)10-17(13-24)22(26)25-18-8-7-14(3)15(4)9-18/h7-12H,5-6H2,1-4H3,(H,25,26)/b17-10+. The second-order valence-corrected chi connectivity index (χ2v) is 6.97. The first kappa shape index (κ1) is 21.5. The summed E-state index contributed by atoms with van der Waals surface area (Å²) in [5.74, 6) is 0.685. The van der Waals surface area contributed by atoms with Crippen LogP contribution in [0, 0.1) is 25.2 Å². The van der Waals surface area contributed by atoms with E-state index in [0.29, 0.717) is 40.4 Å².